The van der Waals surface area contributed by atoms with E-state index in [-0.39, 0.29) is 6.10 Å². The van der Waals surface area contributed by atoms with Crippen molar-refractivity contribution >= 4 is 6.16 Å². The lowest BCUT2D eigenvalue weighted by atomic mass is 10.1. The van der Waals surface area contributed by atoms with Crippen molar-refractivity contribution in [1.29, 1.82) is 0 Å². The maximum atomic E-state index is 10.7. The summed E-state index contributed by atoms with van der Waals surface area (Å²) in [5, 5.41) is 0. The van der Waals surface area contributed by atoms with E-state index < -0.39 is 6.16 Å². The molecule has 0 aliphatic carbocycles. The molecule has 0 radical (unpaired) electrons. The zero-order chi connectivity index (χ0) is 11.0. The number of nitrogens with zero attached hydrogens (tertiary/aromatic N) is 1. The highest BCUT2D eigenvalue weighted by molar-refractivity contribution is 5.59. The van der Waals surface area contributed by atoms with E-state index >= 15 is 0 Å². The molecule has 0 saturated carbocycles. The summed E-state index contributed by atoms with van der Waals surface area (Å²) in [5.41, 5.74) is 0. The molecule has 1 saturated heterocycles. The summed E-state index contributed by atoms with van der Waals surface area (Å²) in [4.78, 5) is 12.9. The van der Waals surface area contributed by atoms with Crippen LogP contribution in [0.3, 0.4) is 0 Å². The van der Waals surface area contributed by atoms with Crippen LogP contribution in [0.25, 0.3) is 0 Å². The van der Waals surface area contributed by atoms with E-state index in [1.54, 1.807) is 0 Å². The van der Waals surface area contributed by atoms with E-state index in [1.807, 2.05) is 13.8 Å². The Kier molecular flexibility index (Phi) is 7.20. The fourth-order valence-electron chi connectivity index (χ4n) is 1.29. The van der Waals surface area contributed by atoms with Gasteiger partial charge in [0.25, 0.3) is 0 Å². The van der Waals surface area contributed by atoms with E-state index in [4.69, 9.17) is 4.74 Å². The fourth-order valence-corrected chi connectivity index (χ4v) is 1.29. The highest BCUT2D eigenvalue weighted by atomic mass is 16.7. The second kappa shape index (κ2) is 7.62. The summed E-state index contributed by atoms with van der Waals surface area (Å²) >= 11 is 0. The summed E-state index contributed by atoms with van der Waals surface area (Å²) in [6, 6.07) is 0. The number of piperidine rings is 1. The molecule has 0 N–H and O–H groups in total. The standard InChI is InChI=1S/C8H15NO3.C2H6/c1-9-5-3-7(4-6-9)12-8(10)11-2;1-2/h7H,3-6H2,1-2H3;1-2H3. The van der Waals surface area contributed by atoms with E-state index in [0.29, 0.717) is 0 Å². The first-order valence-electron chi connectivity index (χ1n) is 5.15. The quantitative estimate of drug-likeness (QED) is 0.610. The van der Waals surface area contributed by atoms with Crippen molar-refractivity contribution in [3.05, 3.63) is 0 Å². The Balaban J connectivity index is 0.000000791. The van der Waals surface area contributed by atoms with Gasteiger partial charge >= 0.3 is 6.16 Å². The lowest BCUT2D eigenvalue weighted by Gasteiger charge is -2.27. The van der Waals surface area contributed by atoms with Crippen molar-refractivity contribution in [3.8, 4) is 0 Å². The molecule has 4 nitrogen and oxygen atoms in total. The monoisotopic (exact) mass is 203 g/mol. The first-order valence-corrected chi connectivity index (χ1v) is 5.15. The summed E-state index contributed by atoms with van der Waals surface area (Å²) < 4.78 is 9.41. The molecule has 0 unspecified atom stereocenters. The number of carbonyl (C=O) groups excluding carboxylic acids is 1. The summed E-state index contributed by atoms with van der Waals surface area (Å²) in [5.74, 6) is 0. The van der Waals surface area contributed by atoms with Gasteiger partial charge < -0.3 is 14.4 Å². The van der Waals surface area contributed by atoms with Crippen molar-refractivity contribution in [2.75, 3.05) is 27.2 Å². The minimum Gasteiger partial charge on any atom is -0.438 e. The lowest BCUT2D eigenvalue weighted by Crippen LogP contribution is -2.35. The third-order valence-corrected chi connectivity index (χ3v) is 2.10. The van der Waals surface area contributed by atoms with Crippen LogP contribution in [-0.4, -0.2) is 44.4 Å². The lowest BCUT2D eigenvalue weighted by molar-refractivity contribution is 0.0130. The van der Waals surface area contributed by atoms with Gasteiger partial charge in [-0.05, 0) is 19.9 Å². The highest BCUT2D eigenvalue weighted by Gasteiger charge is 2.20. The molecule has 4 heteroatoms. The molecule has 1 heterocycles. The van der Waals surface area contributed by atoms with Crippen LogP contribution in [0.15, 0.2) is 0 Å². The third-order valence-electron chi connectivity index (χ3n) is 2.10. The number of hydrogen-bond acceptors (Lipinski definition) is 4. The average molecular weight is 203 g/mol. The number of methoxy groups -OCH3 is 1. The van der Waals surface area contributed by atoms with Gasteiger partial charge in [0.15, 0.2) is 0 Å². The zero-order valence-electron chi connectivity index (χ0n) is 9.58. The number of carbonyl (C=O) groups is 1. The van der Waals surface area contributed by atoms with Crippen LogP contribution in [0.5, 0.6) is 0 Å². The second-order valence-electron chi connectivity index (χ2n) is 3.07. The van der Waals surface area contributed by atoms with Crippen LogP contribution in [0, 0.1) is 0 Å². The van der Waals surface area contributed by atoms with E-state index in [2.05, 4.69) is 16.7 Å². The Morgan fingerprint density at radius 2 is 1.79 bits per heavy atom. The first kappa shape index (κ1) is 13.2. The molecular formula is C10H21NO3. The van der Waals surface area contributed by atoms with Gasteiger partial charge in [-0.2, -0.15) is 0 Å². The molecule has 0 atom stereocenters. The molecule has 0 spiro atoms. The summed E-state index contributed by atoms with van der Waals surface area (Å²) in [6.07, 6.45) is 1.30. The zero-order valence-corrected chi connectivity index (χ0v) is 9.58. The van der Waals surface area contributed by atoms with E-state index in [9.17, 15) is 4.79 Å². The normalized spacial score (nSPS) is 18.0. The van der Waals surface area contributed by atoms with Crippen LogP contribution < -0.4 is 0 Å². The maximum absolute atomic E-state index is 10.7. The minimum atomic E-state index is -0.565. The molecule has 14 heavy (non-hydrogen) atoms. The molecule has 84 valence electrons. The predicted octanol–water partition coefficient (Wildman–Crippen LogP) is 1.89. The van der Waals surface area contributed by atoms with Crippen molar-refractivity contribution in [2.45, 2.75) is 32.8 Å². The van der Waals surface area contributed by atoms with Gasteiger partial charge in [-0.1, -0.05) is 13.8 Å². The SMILES string of the molecule is CC.COC(=O)OC1CCN(C)CC1. The predicted molar refractivity (Wildman–Crippen MR) is 55.4 cm³/mol. The Hall–Kier alpha value is -0.770. The smallest absolute Gasteiger partial charge is 0.438 e. The van der Waals surface area contributed by atoms with Gasteiger partial charge in [-0.25, -0.2) is 4.79 Å². The maximum Gasteiger partial charge on any atom is 0.508 e. The van der Waals surface area contributed by atoms with Crippen LogP contribution >= 0.6 is 0 Å². The van der Waals surface area contributed by atoms with E-state index in [0.717, 1.165) is 25.9 Å². The molecule has 1 aliphatic heterocycles. The van der Waals surface area contributed by atoms with Crippen molar-refractivity contribution in [1.82, 2.24) is 4.90 Å². The molecular weight excluding hydrogens is 182 g/mol. The second-order valence-corrected chi connectivity index (χ2v) is 3.07. The van der Waals surface area contributed by atoms with Crippen molar-refractivity contribution < 1.29 is 14.3 Å². The minimum absolute atomic E-state index is 0.0497. The molecule has 0 amide bonds. The topological polar surface area (TPSA) is 38.8 Å². The molecule has 0 aromatic carbocycles. The van der Waals surface area contributed by atoms with Crippen molar-refractivity contribution in [2.24, 2.45) is 0 Å². The number of likely N-dealkylation sites (tertiary alicyclic amines) is 1. The van der Waals surface area contributed by atoms with Gasteiger partial charge in [-0.15, -0.1) is 0 Å². The molecule has 0 bridgehead atoms. The number of rotatable bonds is 1. The average Bonchev–Trinajstić information content (AvgIpc) is 2.24. The largest absolute Gasteiger partial charge is 0.508 e. The van der Waals surface area contributed by atoms with Crippen LogP contribution in [0.4, 0.5) is 4.79 Å². The summed E-state index contributed by atoms with van der Waals surface area (Å²) in [6.45, 7) is 5.98. The Bertz CT molecular complexity index is 153. The molecule has 1 aliphatic rings. The van der Waals surface area contributed by atoms with Crippen LogP contribution in [0.1, 0.15) is 26.7 Å². The molecule has 1 fully saturated rings. The molecule has 0 aromatic rings. The summed E-state index contributed by atoms with van der Waals surface area (Å²) in [7, 11) is 3.39. The Labute approximate surface area is 86.2 Å². The van der Waals surface area contributed by atoms with E-state index in [1.165, 1.54) is 7.11 Å². The Morgan fingerprint density at radius 3 is 2.21 bits per heavy atom. The molecule has 1 rings (SSSR count). The van der Waals surface area contributed by atoms with Gasteiger partial charge in [0.1, 0.15) is 6.10 Å². The number of hydrogen-bond donors (Lipinski definition) is 0. The highest BCUT2D eigenvalue weighted by Crippen LogP contribution is 2.12. The van der Waals surface area contributed by atoms with Crippen molar-refractivity contribution in [3.63, 3.8) is 0 Å². The first-order chi connectivity index (χ1) is 6.72. The fraction of sp³-hybridized carbons (Fsp3) is 0.900. The van der Waals surface area contributed by atoms with Gasteiger partial charge in [0, 0.05) is 13.1 Å². The molecule has 0 aromatic heterocycles. The number of ether oxygens (including phenoxy) is 2. The van der Waals surface area contributed by atoms with Crippen LogP contribution in [0.2, 0.25) is 0 Å². The van der Waals surface area contributed by atoms with Crippen LogP contribution in [-0.2, 0) is 9.47 Å². The Morgan fingerprint density at radius 1 is 1.29 bits per heavy atom. The van der Waals surface area contributed by atoms with Gasteiger partial charge in [0.2, 0.25) is 0 Å². The third kappa shape index (κ3) is 5.07. The van der Waals surface area contributed by atoms with Gasteiger partial charge in [-0.3, -0.25) is 0 Å². The van der Waals surface area contributed by atoms with Gasteiger partial charge in [0.05, 0.1) is 7.11 Å².